The minimum Gasteiger partial charge on any atom is -0.359 e. The lowest BCUT2D eigenvalue weighted by atomic mass is 9.97. The SMILES string of the molecule is O=C1NC2C(=O)C=C(C3CC3)NC2=C1c1ccccc1F. The number of fused-ring (bicyclic) bond motifs is 1. The van der Waals surface area contributed by atoms with Crippen molar-refractivity contribution in [2.24, 2.45) is 5.92 Å². The number of ketones is 1. The number of amides is 1. The fourth-order valence-corrected chi connectivity index (χ4v) is 2.86. The Morgan fingerprint density at radius 2 is 1.90 bits per heavy atom. The van der Waals surface area contributed by atoms with Crippen molar-refractivity contribution >= 4 is 17.3 Å². The van der Waals surface area contributed by atoms with Gasteiger partial charge in [-0.25, -0.2) is 4.39 Å². The first-order valence-corrected chi connectivity index (χ1v) is 6.97. The van der Waals surface area contributed by atoms with E-state index in [0.717, 1.165) is 18.5 Å². The van der Waals surface area contributed by atoms with Crippen LogP contribution in [0.25, 0.3) is 5.57 Å². The molecule has 0 saturated heterocycles. The Morgan fingerprint density at radius 3 is 2.62 bits per heavy atom. The van der Waals surface area contributed by atoms with E-state index < -0.39 is 17.8 Å². The maximum absolute atomic E-state index is 14.0. The maximum Gasteiger partial charge on any atom is 0.254 e. The first-order valence-electron chi connectivity index (χ1n) is 6.97. The monoisotopic (exact) mass is 284 g/mol. The summed E-state index contributed by atoms with van der Waals surface area (Å²) in [7, 11) is 0. The van der Waals surface area contributed by atoms with Crippen LogP contribution >= 0.6 is 0 Å². The molecule has 0 radical (unpaired) electrons. The zero-order chi connectivity index (χ0) is 14.6. The third-order valence-electron chi connectivity index (χ3n) is 4.08. The summed E-state index contributed by atoms with van der Waals surface area (Å²) in [6, 6.07) is 5.40. The molecule has 0 aromatic heterocycles. The molecule has 1 unspecified atom stereocenters. The van der Waals surface area contributed by atoms with Crippen LogP contribution in [0, 0.1) is 11.7 Å². The lowest BCUT2D eigenvalue weighted by Crippen LogP contribution is -2.42. The molecule has 1 amide bonds. The highest BCUT2D eigenvalue weighted by Gasteiger charge is 2.42. The Labute approximate surface area is 120 Å². The van der Waals surface area contributed by atoms with Gasteiger partial charge in [-0.2, -0.15) is 0 Å². The van der Waals surface area contributed by atoms with Crippen LogP contribution in [0.5, 0.6) is 0 Å². The molecule has 2 N–H and O–H groups in total. The highest BCUT2D eigenvalue weighted by molar-refractivity contribution is 6.26. The second kappa shape index (κ2) is 4.28. The van der Waals surface area contributed by atoms with Crippen molar-refractivity contribution in [2.45, 2.75) is 18.9 Å². The van der Waals surface area contributed by atoms with E-state index in [0.29, 0.717) is 11.6 Å². The number of carbonyl (C=O) groups is 2. The van der Waals surface area contributed by atoms with Crippen LogP contribution in [0.3, 0.4) is 0 Å². The van der Waals surface area contributed by atoms with Gasteiger partial charge in [0.05, 0.1) is 11.3 Å². The average molecular weight is 284 g/mol. The van der Waals surface area contributed by atoms with Crippen molar-refractivity contribution in [1.82, 2.24) is 10.6 Å². The zero-order valence-corrected chi connectivity index (χ0v) is 11.2. The van der Waals surface area contributed by atoms with Crippen LogP contribution in [0.15, 0.2) is 41.7 Å². The Kier molecular flexibility index (Phi) is 2.51. The van der Waals surface area contributed by atoms with Gasteiger partial charge in [-0.15, -0.1) is 0 Å². The van der Waals surface area contributed by atoms with E-state index in [9.17, 15) is 14.0 Å². The van der Waals surface area contributed by atoms with Crippen LogP contribution in [-0.2, 0) is 9.59 Å². The maximum atomic E-state index is 14.0. The van der Waals surface area contributed by atoms with Crippen molar-refractivity contribution in [1.29, 1.82) is 0 Å². The van der Waals surface area contributed by atoms with Gasteiger partial charge in [0.25, 0.3) is 5.91 Å². The zero-order valence-electron chi connectivity index (χ0n) is 11.2. The van der Waals surface area contributed by atoms with Crippen molar-refractivity contribution in [3.63, 3.8) is 0 Å². The predicted octanol–water partition coefficient (Wildman–Crippen LogP) is 1.50. The summed E-state index contributed by atoms with van der Waals surface area (Å²) >= 11 is 0. The fraction of sp³-hybridized carbons (Fsp3) is 0.250. The number of hydrogen-bond donors (Lipinski definition) is 2. The van der Waals surface area contributed by atoms with Gasteiger partial charge in [0.15, 0.2) is 5.78 Å². The van der Waals surface area contributed by atoms with E-state index >= 15 is 0 Å². The summed E-state index contributed by atoms with van der Waals surface area (Å²) in [4.78, 5) is 24.3. The molecule has 3 aliphatic rings. The van der Waals surface area contributed by atoms with Crippen LogP contribution in [0.4, 0.5) is 4.39 Å². The summed E-state index contributed by atoms with van der Waals surface area (Å²) in [5.41, 5.74) is 1.79. The molecule has 2 aliphatic heterocycles. The number of nitrogens with one attached hydrogen (secondary N) is 2. The molecule has 0 spiro atoms. The number of rotatable bonds is 2. The molecule has 4 rings (SSSR count). The van der Waals surface area contributed by atoms with Crippen molar-refractivity contribution in [3.8, 4) is 0 Å². The summed E-state index contributed by atoms with van der Waals surface area (Å²) < 4.78 is 14.0. The number of carbonyl (C=O) groups excluding carboxylic acids is 2. The van der Waals surface area contributed by atoms with Gasteiger partial charge in [0, 0.05) is 17.3 Å². The molecule has 1 aromatic carbocycles. The smallest absolute Gasteiger partial charge is 0.254 e. The summed E-state index contributed by atoms with van der Waals surface area (Å²) in [5.74, 6) is -0.663. The van der Waals surface area contributed by atoms with Gasteiger partial charge in [-0.3, -0.25) is 9.59 Å². The van der Waals surface area contributed by atoms with Gasteiger partial charge in [-0.05, 0) is 24.8 Å². The standard InChI is InChI=1S/C16H13FN2O2/c17-10-4-2-1-3-9(10)13-15-14(19-16(13)21)12(20)7-11(18-15)8-5-6-8/h1-4,7-8,14,18H,5-6H2,(H,19,21). The fourth-order valence-electron chi connectivity index (χ4n) is 2.86. The van der Waals surface area contributed by atoms with Crippen molar-refractivity contribution < 1.29 is 14.0 Å². The predicted molar refractivity (Wildman–Crippen MR) is 74.2 cm³/mol. The van der Waals surface area contributed by atoms with Crippen LogP contribution in [0.1, 0.15) is 18.4 Å². The molecule has 2 heterocycles. The molecule has 1 aliphatic carbocycles. The molecule has 1 atom stereocenters. The van der Waals surface area contributed by atoms with E-state index in [1.165, 1.54) is 6.07 Å². The molecule has 1 aromatic rings. The number of halogens is 1. The lowest BCUT2D eigenvalue weighted by molar-refractivity contribution is -0.120. The number of allylic oxidation sites excluding steroid dienone is 1. The van der Waals surface area contributed by atoms with Gasteiger partial charge < -0.3 is 10.6 Å². The molecule has 0 bridgehead atoms. The van der Waals surface area contributed by atoms with E-state index in [-0.39, 0.29) is 16.9 Å². The van der Waals surface area contributed by atoms with Crippen LogP contribution in [-0.4, -0.2) is 17.7 Å². The second-order valence-electron chi connectivity index (χ2n) is 5.58. The van der Waals surface area contributed by atoms with Crippen LogP contribution < -0.4 is 10.6 Å². The van der Waals surface area contributed by atoms with Crippen LogP contribution in [0.2, 0.25) is 0 Å². The molecular weight excluding hydrogens is 271 g/mol. The Balaban J connectivity index is 1.85. The molecule has 5 heteroatoms. The van der Waals surface area contributed by atoms with Gasteiger partial charge in [0.2, 0.25) is 0 Å². The minimum absolute atomic E-state index is 0.148. The van der Waals surface area contributed by atoms with Gasteiger partial charge in [-0.1, -0.05) is 18.2 Å². The highest BCUT2D eigenvalue weighted by atomic mass is 19.1. The largest absolute Gasteiger partial charge is 0.359 e. The summed E-state index contributed by atoms with van der Waals surface area (Å²) in [6.07, 6.45) is 3.65. The molecule has 1 fully saturated rings. The third-order valence-corrected chi connectivity index (χ3v) is 4.08. The Bertz CT molecular complexity index is 732. The first kappa shape index (κ1) is 12.3. The quantitative estimate of drug-likeness (QED) is 0.865. The number of benzene rings is 1. The molecule has 106 valence electrons. The third kappa shape index (κ3) is 1.88. The molecule has 1 saturated carbocycles. The molecule has 4 nitrogen and oxygen atoms in total. The van der Waals surface area contributed by atoms with Gasteiger partial charge >= 0.3 is 0 Å². The average Bonchev–Trinajstić information content (AvgIpc) is 3.24. The normalized spacial score (nSPS) is 24.4. The van der Waals surface area contributed by atoms with E-state index in [1.54, 1.807) is 24.3 Å². The second-order valence-corrected chi connectivity index (χ2v) is 5.58. The molecular formula is C16H13FN2O2. The topological polar surface area (TPSA) is 58.2 Å². The highest BCUT2D eigenvalue weighted by Crippen LogP contribution is 2.39. The summed E-state index contributed by atoms with van der Waals surface area (Å²) in [5, 5.41) is 5.81. The molecule has 21 heavy (non-hydrogen) atoms. The minimum atomic E-state index is -0.713. The van der Waals surface area contributed by atoms with Crippen molar-refractivity contribution in [2.75, 3.05) is 0 Å². The number of hydrogen-bond acceptors (Lipinski definition) is 3. The van der Waals surface area contributed by atoms with E-state index in [1.807, 2.05) is 0 Å². The van der Waals surface area contributed by atoms with E-state index in [2.05, 4.69) is 10.6 Å². The van der Waals surface area contributed by atoms with E-state index in [4.69, 9.17) is 0 Å². The Morgan fingerprint density at radius 1 is 1.14 bits per heavy atom. The van der Waals surface area contributed by atoms with Gasteiger partial charge in [0.1, 0.15) is 11.9 Å². The van der Waals surface area contributed by atoms with Crippen molar-refractivity contribution in [3.05, 3.63) is 53.1 Å². The Hall–Kier alpha value is -2.43. The summed E-state index contributed by atoms with van der Waals surface area (Å²) in [6.45, 7) is 0. The first-order chi connectivity index (χ1) is 10.1. The lowest BCUT2D eigenvalue weighted by Gasteiger charge is -2.22.